The predicted octanol–water partition coefficient (Wildman–Crippen LogP) is 3.30. The minimum atomic E-state index is 0.180. The molecular formula is C17H24N2OS. The molecule has 1 aromatic carbocycles. The van der Waals surface area contributed by atoms with E-state index in [1.165, 1.54) is 35.5 Å². The Balaban J connectivity index is 1.61. The van der Waals surface area contributed by atoms with Crippen LogP contribution in [0.15, 0.2) is 18.2 Å². The molecule has 4 heteroatoms. The number of carbonyl (C=O) groups is 1. The smallest absolute Gasteiger partial charge is 0.220 e. The van der Waals surface area contributed by atoms with Gasteiger partial charge in [0.1, 0.15) is 0 Å². The number of nitrogen functional groups attached to an aromatic ring is 1. The van der Waals surface area contributed by atoms with Crippen LogP contribution in [0.1, 0.15) is 49.3 Å². The van der Waals surface area contributed by atoms with E-state index in [1.54, 1.807) is 0 Å². The number of nitrogens with two attached hydrogens (primary N) is 1. The van der Waals surface area contributed by atoms with Gasteiger partial charge in [-0.3, -0.25) is 4.79 Å². The first-order chi connectivity index (χ1) is 10.2. The molecule has 1 atom stereocenters. The number of amides is 1. The molecule has 1 fully saturated rings. The average Bonchev–Trinajstić information content (AvgIpc) is 2.48. The minimum absolute atomic E-state index is 0.180. The van der Waals surface area contributed by atoms with Crippen LogP contribution in [0.25, 0.3) is 0 Å². The lowest BCUT2D eigenvalue weighted by Gasteiger charge is -2.28. The lowest BCUT2D eigenvalue weighted by molar-refractivity contribution is -0.122. The number of fused-ring (bicyclic) bond motifs is 1. The Labute approximate surface area is 131 Å². The second kappa shape index (κ2) is 6.73. The van der Waals surface area contributed by atoms with Gasteiger partial charge in [0.2, 0.25) is 5.91 Å². The van der Waals surface area contributed by atoms with E-state index >= 15 is 0 Å². The summed E-state index contributed by atoms with van der Waals surface area (Å²) in [5.41, 5.74) is 9.26. The number of anilines is 1. The molecule has 1 saturated heterocycles. The maximum atomic E-state index is 12.3. The van der Waals surface area contributed by atoms with Crippen molar-refractivity contribution in [3.63, 3.8) is 0 Å². The fraction of sp³-hybridized carbons (Fsp3) is 0.588. The average molecular weight is 304 g/mol. The number of nitrogens with one attached hydrogen (secondary N) is 1. The Bertz CT molecular complexity index is 512. The van der Waals surface area contributed by atoms with E-state index in [0.29, 0.717) is 12.3 Å². The Morgan fingerprint density at radius 3 is 2.90 bits per heavy atom. The van der Waals surface area contributed by atoms with Crippen LogP contribution >= 0.6 is 11.8 Å². The van der Waals surface area contributed by atoms with Gasteiger partial charge in [-0.2, -0.15) is 11.8 Å². The van der Waals surface area contributed by atoms with Gasteiger partial charge in [-0.1, -0.05) is 6.07 Å². The van der Waals surface area contributed by atoms with E-state index < -0.39 is 0 Å². The van der Waals surface area contributed by atoms with E-state index in [9.17, 15) is 4.79 Å². The van der Waals surface area contributed by atoms with Crippen LogP contribution < -0.4 is 11.1 Å². The highest BCUT2D eigenvalue weighted by Gasteiger charge is 2.23. The van der Waals surface area contributed by atoms with Gasteiger partial charge in [-0.15, -0.1) is 0 Å². The van der Waals surface area contributed by atoms with Crippen LogP contribution in [-0.4, -0.2) is 17.4 Å². The lowest BCUT2D eigenvalue weighted by atomic mass is 9.87. The molecular weight excluding hydrogens is 280 g/mol. The molecule has 1 unspecified atom stereocenters. The van der Waals surface area contributed by atoms with Gasteiger partial charge in [0.25, 0.3) is 0 Å². The molecule has 3 N–H and O–H groups in total. The van der Waals surface area contributed by atoms with Gasteiger partial charge in [0.05, 0.1) is 6.04 Å². The maximum Gasteiger partial charge on any atom is 0.220 e. The van der Waals surface area contributed by atoms with Gasteiger partial charge in [0, 0.05) is 12.1 Å². The molecule has 1 aromatic rings. The summed E-state index contributed by atoms with van der Waals surface area (Å²) in [5, 5.41) is 3.26. The van der Waals surface area contributed by atoms with Gasteiger partial charge in [-0.25, -0.2) is 0 Å². The van der Waals surface area contributed by atoms with Crippen LogP contribution in [-0.2, 0) is 11.2 Å². The molecule has 1 amide bonds. The molecule has 0 aromatic heterocycles. The number of carbonyl (C=O) groups excluding carboxylic acids is 1. The zero-order valence-electron chi connectivity index (χ0n) is 12.4. The zero-order chi connectivity index (χ0) is 14.7. The second-order valence-corrected chi connectivity index (χ2v) is 7.46. The normalized spacial score (nSPS) is 22.6. The highest BCUT2D eigenvalue weighted by atomic mass is 32.2. The van der Waals surface area contributed by atoms with E-state index in [-0.39, 0.29) is 11.9 Å². The van der Waals surface area contributed by atoms with Crippen LogP contribution in [0, 0.1) is 5.92 Å². The molecule has 2 aliphatic rings. The quantitative estimate of drug-likeness (QED) is 0.843. The number of thioether (sulfide) groups is 1. The van der Waals surface area contributed by atoms with Crippen LogP contribution in [0.3, 0.4) is 0 Å². The number of rotatable bonds is 3. The Kier molecular flexibility index (Phi) is 4.73. The van der Waals surface area contributed by atoms with Crippen LogP contribution in [0.5, 0.6) is 0 Å². The largest absolute Gasteiger partial charge is 0.399 e. The fourth-order valence-corrected chi connectivity index (χ4v) is 4.65. The Morgan fingerprint density at radius 2 is 2.10 bits per heavy atom. The third kappa shape index (κ3) is 3.73. The molecule has 0 radical (unpaired) electrons. The highest BCUT2D eigenvalue weighted by Crippen LogP contribution is 2.31. The van der Waals surface area contributed by atoms with Gasteiger partial charge < -0.3 is 11.1 Å². The van der Waals surface area contributed by atoms with Crippen LogP contribution in [0.2, 0.25) is 0 Å². The third-order valence-electron chi connectivity index (χ3n) is 4.63. The van der Waals surface area contributed by atoms with E-state index in [2.05, 4.69) is 17.4 Å². The number of benzene rings is 1. The molecule has 3 rings (SSSR count). The van der Waals surface area contributed by atoms with Crippen molar-refractivity contribution < 1.29 is 4.79 Å². The van der Waals surface area contributed by atoms with Gasteiger partial charge in [0.15, 0.2) is 0 Å². The van der Waals surface area contributed by atoms with Crippen molar-refractivity contribution in [2.75, 3.05) is 17.2 Å². The van der Waals surface area contributed by atoms with E-state index in [0.717, 1.165) is 24.9 Å². The minimum Gasteiger partial charge on any atom is -0.399 e. The summed E-state index contributed by atoms with van der Waals surface area (Å²) in [6.45, 7) is 0. The van der Waals surface area contributed by atoms with Crippen molar-refractivity contribution in [3.8, 4) is 0 Å². The monoisotopic (exact) mass is 304 g/mol. The van der Waals surface area contributed by atoms with Crippen molar-refractivity contribution in [2.24, 2.45) is 5.92 Å². The first-order valence-corrected chi connectivity index (χ1v) is 9.13. The van der Waals surface area contributed by atoms with E-state index in [4.69, 9.17) is 5.73 Å². The summed E-state index contributed by atoms with van der Waals surface area (Å²) < 4.78 is 0. The Hall–Kier alpha value is -1.16. The summed E-state index contributed by atoms with van der Waals surface area (Å²) in [4.78, 5) is 12.3. The fourth-order valence-electron chi connectivity index (χ4n) is 3.45. The molecule has 114 valence electrons. The van der Waals surface area contributed by atoms with Crippen molar-refractivity contribution in [2.45, 2.75) is 44.6 Å². The van der Waals surface area contributed by atoms with Crippen molar-refractivity contribution in [1.29, 1.82) is 0 Å². The Morgan fingerprint density at radius 1 is 1.29 bits per heavy atom. The summed E-state index contributed by atoms with van der Waals surface area (Å²) in [5.74, 6) is 3.23. The summed E-state index contributed by atoms with van der Waals surface area (Å²) in [6.07, 6.45) is 6.32. The molecule has 1 aliphatic carbocycles. The SMILES string of the molecule is Nc1ccc2c(c1)CCCC2NC(=O)CC1CCSCC1. The molecule has 0 saturated carbocycles. The van der Waals surface area contributed by atoms with E-state index in [1.807, 2.05) is 17.8 Å². The zero-order valence-corrected chi connectivity index (χ0v) is 13.3. The standard InChI is InChI=1S/C17H24N2OS/c18-14-4-5-15-13(11-14)2-1-3-16(15)19-17(20)10-12-6-8-21-9-7-12/h4-5,11-12,16H,1-3,6-10,18H2,(H,19,20). The van der Waals surface area contributed by atoms with Gasteiger partial charge in [-0.05, 0) is 72.8 Å². The predicted molar refractivity (Wildman–Crippen MR) is 89.3 cm³/mol. The first kappa shape index (κ1) is 14.8. The highest BCUT2D eigenvalue weighted by molar-refractivity contribution is 7.99. The molecule has 3 nitrogen and oxygen atoms in total. The lowest BCUT2D eigenvalue weighted by Crippen LogP contribution is -2.32. The molecule has 0 bridgehead atoms. The molecule has 0 spiro atoms. The maximum absolute atomic E-state index is 12.3. The van der Waals surface area contributed by atoms with Crippen molar-refractivity contribution in [1.82, 2.24) is 5.32 Å². The number of hydrogen-bond acceptors (Lipinski definition) is 3. The molecule has 1 aliphatic heterocycles. The molecule has 1 heterocycles. The summed E-state index contributed by atoms with van der Waals surface area (Å²) >= 11 is 2.01. The molecule has 21 heavy (non-hydrogen) atoms. The number of aryl methyl sites for hydroxylation is 1. The summed E-state index contributed by atoms with van der Waals surface area (Å²) in [7, 11) is 0. The summed E-state index contributed by atoms with van der Waals surface area (Å²) in [6, 6.07) is 6.28. The van der Waals surface area contributed by atoms with Crippen LogP contribution in [0.4, 0.5) is 5.69 Å². The third-order valence-corrected chi connectivity index (χ3v) is 5.68. The second-order valence-electron chi connectivity index (χ2n) is 6.23. The van der Waals surface area contributed by atoms with Crippen molar-refractivity contribution >= 4 is 23.4 Å². The topological polar surface area (TPSA) is 55.1 Å². The van der Waals surface area contributed by atoms with Crippen molar-refractivity contribution in [3.05, 3.63) is 29.3 Å². The first-order valence-electron chi connectivity index (χ1n) is 7.98. The number of hydrogen-bond donors (Lipinski definition) is 2. The van der Waals surface area contributed by atoms with Gasteiger partial charge >= 0.3 is 0 Å².